The minimum Gasteiger partial charge on any atom is -0.391 e. The van der Waals surface area contributed by atoms with Crippen LogP contribution in [-0.4, -0.2) is 47.3 Å². The zero-order valence-electron chi connectivity index (χ0n) is 10.7. The molecular formula is C11H23ClN2O2S. The molecule has 3 N–H and O–H groups in total. The fourth-order valence-electron chi connectivity index (χ4n) is 1.51. The summed E-state index contributed by atoms with van der Waals surface area (Å²) in [7, 11) is 0. The predicted octanol–water partition coefficient (Wildman–Crippen LogP) is 0.636. The molecule has 0 spiro atoms. The predicted molar refractivity (Wildman–Crippen MR) is 74.8 cm³/mol. The van der Waals surface area contributed by atoms with Gasteiger partial charge in [-0.2, -0.15) is 0 Å². The lowest BCUT2D eigenvalue weighted by atomic mass is 10.1. The van der Waals surface area contributed by atoms with E-state index >= 15 is 0 Å². The number of rotatable bonds is 4. The molecule has 0 bridgehead atoms. The normalized spacial score (nSPS) is 24.2. The zero-order valence-corrected chi connectivity index (χ0v) is 12.3. The van der Waals surface area contributed by atoms with Crippen LogP contribution in [0.3, 0.4) is 0 Å². The van der Waals surface area contributed by atoms with Crippen LogP contribution in [0.4, 0.5) is 0 Å². The van der Waals surface area contributed by atoms with Crippen molar-refractivity contribution in [3.8, 4) is 0 Å². The molecule has 0 aromatic rings. The lowest BCUT2D eigenvalue weighted by molar-refractivity contribution is -0.118. The number of thioether (sulfide) groups is 1. The molecule has 4 nitrogen and oxygen atoms in total. The van der Waals surface area contributed by atoms with Crippen molar-refractivity contribution in [2.24, 2.45) is 5.92 Å². The highest BCUT2D eigenvalue weighted by molar-refractivity contribution is 8.01. The van der Waals surface area contributed by atoms with Crippen molar-refractivity contribution in [2.45, 2.75) is 31.6 Å². The van der Waals surface area contributed by atoms with Gasteiger partial charge in [0, 0.05) is 30.3 Å². The molecule has 1 heterocycles. The number of β-amino-alcohol motifs (C(OH)–C–C–N with tert-alkyl or cyclic N) is 1. The molecule has 2 atom stereocenters. The first-order valence-corrected chi connectivity index (χ1v) is 6.66. The van der Waals surface area contributed by atoms with Gasteiger partial charge in [-0.1, -0.05) is 20.8 Å². The summed E-state index contributed by atoms with van der Waals surface area (Å²) in [5, 5.41) is 15.5. The molecule has 0 aliphatic carbocycles. The molecule has 0 aromatic carbocycles. The summed E-state index contributed by atoms with van der Waals surface area (Å²) >= 11 is 1.63. The molecule has 2 unspecified atom stereocenters. The van der Waals surface area contributed by atoms with E-state index in [1.165, 1.54) is 0 Å². The molecule has 17 heavy (non-hydrogen) atoms. The van der Waals surface area contributed by atoms with E-state index in [9.17, 15) is 9.90 Å². The van der Waals surface area contributed by atoms with E-state index in [0.29, 0.717) is 18.8 Å². The minimum atomic E-state index is -0.324. The van der Waals surface area contributed by atoms with Crippen LogP contribution in [0.1, 0.15) is 20.8 Å². The van der Waals surface area contributed by atoms with Gasteiger partial charge >= 0.3 is 0 Å². The SMILES string of the molecule is CC(C)(C)SCC(=O)NCC1CNCC1O.Cl. The fourth-order valence-corrected chi connectivity index (χ4v) is 2.17. The van der Waals surface area contributed by atoms with Gasteiger partial charge in [0.1, 0.15) is 0 Å². The van der Waals surface area contributed by atoms with Crippen molar-refractivity contribution in [2.75, 3.05) is 25.4 Å². The summed E-state index contributed by atoms with van der Waals surface area (Å²) in [6.45, 7) is 8.27. The molecule has 1 amide bonds. The summed E-state index contributed by atoms with van der Waals surface area (Å²) in [4.78, 5) is 11.5. The summed E-state index contributed by atoms with van der Waals surface area (Å²) in [5.74, 6) is 0.697. The largest absolute Gasteiger partial charge is 0.391 e. The monoisotopic (exact) mass is 282 g/mol. The Morgan fingerprint density at radius 1 is 1.47 bits per heavy atom. The third-order valence-electron chi connectivity index (χ3n) is 2.50. The Kier molecular flexibility index (Phi) is 7.47. The molecule has 1 rings (SSSR count). The van der Waals surface area contributed by atoms with E-state index in [1.807, 2.05) is 0 Å². The van der Waals surface area contributed by atoms with E-state index in [4.69, 9.17) is 0 Å². The van der Waals surface area contributed by atoms with Crippen LogP contribution in [0.2, 0.25) is 0 Å². The second-order valence-corrected chi connectivity index (χ2v) is 6.99. The summed E-state index contributed by atoms with van der Waals surface area (Å²) in [6, 6.07) is 0. The standard InChI is InChI=1S/C11H22N2O2S.ClH/c1-11(2,3)16-7-10(15)13-5-8-4-12-6-9(8)14;/h8-9,12,14H,4-7H2,1-3H3,(H,13,15);1H. The lowest BCUT2D eigenvalue weighted by Crippen LogP contribution is -2.35. The third-order valence-corrected chi connectivity index (χ3v) is 3.77. The quantitative estimate of drug-likeness (QED) is 0.708. The first-order chi connectivity index (χ1) is 7.38. The molecule has 0 radical (unpaired) electrons. The topological polar surface area (TPSA) is 61.4 Å². The van der Waals surface area contributed by atoms with Gasteiger partial charge in [-0.25, -0.2) is 0 Å². The summed E-state index contributed by atoms with van der Waals surface area (Å²) in [5.41, 5.74) is 0. The number of nitrogens with one attached hydrogen (secondary N) is 2. The smallest absolute Gasteiger partial charge is 0.230 e. The van der Waals surface area contributed by atoms with E-state index in [0.717, 1.165) is 6.54 Å². The number of halogens is 1. The van der Waals surface area contributed by atoms with E-state index < -0.39 is 0 Å². The maximum absolute atomic E-state index is 11.5. The van der Waals surface area contributed by atoms with Crippen molar-refractivity contribution in [1.82, 2.24) is 10.6 Å². The Hall–Kier alpha value is 0.0300. The van der Waals surface area contributed by atoms with Gasteiger partial charge in [-0.3, -0.25) is 4.79 Å². The molecule has 0 saturated carbocycles. The van der Waals surface area contributed by atoms with Crippen LogP contribution in [0.25, 0.3) is 0 Å². The highest BCUT2D eigenvalue weighted by atomic mass is 35.5. The van der Waals surface area contributed by atoms with Crippen LogP contribution in [0, 0.1) is 5.92 Å². The van der Waals surface area contributed by atoms with Gasteiger partial charge in [-0.05, 0) is 0 Å². The fraction of sp³-hybridized carbons (Fsp3) is 0.909. The van der Waals surface area contributed by atoms with Gasteiger partial charge in [0.15, 0.2) is 0 Å². The molecule has 1 aliphatic rings. The van der Waals surface area contributed by atoms with Crippen LogP contribution in [0.15, 0.2) is 0 Å². The average molecular weight is 283 g/mol. The van der Waals surface area contributed by atoms with Crippen molar-refractivity contribution in [3.05, 3.63) is 0 Å². The molecule has 1 saturated heterocycles. The third kappa shape index (κ3) is 7.13. The van der Waals surface area contributed by atoms with Crippen molar-refractivity contribution in [1.29, 1.82) is 0 Å². The van der Waals surface area contributed by atoms with Crippen LogP contribution in [-0.2, 0) is 4.79 Å². The molecule has 1 fully saturated rings. The van der Waals surface area contributed by atoms with Crippen molar-refractivity contribution >= 4 is 30.1 Å². The molecule has 102 valence electrons. The Morgan fingerprint density at radius 2 is 2.12 bits per heavy atom. The number of amides is 1. The van der Waals surface area contributed by atoms with E-state index in [1.54, 1.807) is 11.8 Å². The minimum absolute atomic E-state index is 0. The van der Waals surface area contributed by atoms with Gasteiger partial charge < -0.3 is 15.7 Å². The number of hydrogen-bond acceptors (Lipinski definition) is 4. The maximum atomic E-state index is 11.5. The molecule has 0 aromatic heterocycles. The number of carbonyl (C=O) groups is 1. The maximum Gasteiger partial charge on any atom is 0.230 e. The van der Waals surface area contributed by atoms with Crippen LogP contribution < -0.4 is 10.6 Å². The van der Waals surface area contributed by atoms with Crippen LogP contribution in [0.5, 0.6) is 0 Å². The Balaban J connectivity index is 0.00000256. The molecule has 1 aliphatic heterocycles. The first-order valence-electron chi connectivity index (χ1n) is 5.68. The number of hydrogen-bond donors (Lipinski definition) is 3. The van der Waals surface area contributed by atoms with Crippen molar-refractivity contribution < 1.29 is 9.90 Å². The number of aliphatic hydroxyl groups is 1. The highest BCUT2D eigenvalue weighted by Crippen LogP contribution is 2.22. The first kappa shape index (κ1) is 17.0. The molecule has 6 heteroatoms. The van der Waals surface area contributed by atoms with Crippen molar-refractivity contribution in [3.63, 3.8) is 0 Å². The second-order valence-electron chi connectivity index (χ2n) is 5.19. The number of carbonyl (C=O) groups excluding carboxylic acids is 1. The second kappa shape index (κ2) is 7.46. The van der Waals surface area contributed by atoms with Gasteiger partial charge in [0.25, 0.3) is 0 Å². The highest BCUT2D eigenvalue weighted by Gasteiger charge is 2.25. The van der Waals surface area contributed by atoms with Gasteiger partial charge in [-0.15, -0.1) is 24.2 Å². The molecular weight excluding hydrogens is 260 g/mol. The van der Waals surface area contributed by atoms with E-state index in [-0.39, 0.29) is 35.1 Å². The Morgan fingerprint density at radius 3 is 2.59 bits per heavy atom. The van der Waals surface area contributed by atoms with Crippen LogP contribution >= 0.6 is 24.2 Å². The van der Waals surface area contributed by atoms with E-state index in [2.05, 4.69) is 31.4 Å². The zero-order chi connectivity index (χ0) is 12.2. The lowest BCUT2D eigenvalue weighted by Gasteiger charge is -2.18. The Labute approximate surface area is 114 Å². The summed E-state index contributed by atoms with van der Waals surface area (Å²) < 4.78 is 0.117. The number of aliphatic hydroxyl groups excluding tert-OH is 1. The Bertz CT molecular complexity index is 246. The summed E-state index contributed by atoms with van der Waals surface area (Å²) in [6.07, 6.45) is -0.324. The average Bonchev–Trinajstić information content (AvgIpc) is 2.57. The van der Waals surface area contributed by atoms with Gasteiger partial charge in [0.05, 0.1) is 11.9 Å². The van der Waals surface area contributed by atoms with Gasteiger partial charge in [0.2, 0.25) is 5.91 Å².